The van der Waals surface area contributed by atoms with Crippen LogP contribution in [0.25, 0.3) is 0 Å². The summed E-state index contributed by atoms with van der Waals surface area (Å²) in [5.41, 5.74) is 1.88. The molecule has 0 unspecified atom stereocenters. The Hall–Kier alpha value is -1.07. The molecule has 1 aromatic carbocycles. The molecule has 0 aliphatic carbocycles. The van der Waals surface area contributed by atoms with E-state index < -0.39 is 10.0 Å². The largest absolute Gasteiger partial charge is 0.385 e. The number of anilines is 1. The fourth-order valence-corrected chi connectivity index (χ4v) is 2.64. The van der Waals surface area contributed by atoms with Gasteiger partial charge in [0.1, 0.15) is 0 Å². The number of rotatable bonds is 9. The van der Waals surface area contributed by atoms with Crippen LogP contribution in [0, 0.1) is 6.92 Å². The summed E-state index contributed by atoms with van der Waals surface area (Å²) < 4.78 is 22.6. The lowest BCUT2D eigenvalue weighted by atomic mass is 10.1. The van der Waals surface area contributed by atoms with Crippen molar-refractivity contribution in [2.45, 2.75) is 57.3 Å². The van der Waals surface area contributed by atoms with E-state index in [0.29, 0.717) is 0 Å². The highest BCUT2D eigenvalue weighted by Crippen LogP contribution is 2.19. The number of primary sulfonamides is 1. The zero-order valence-electron chi connectivity index (χ0n) is 12.5. The Morgan fingerprint density at radius 1 is 1.10 bits per heavy atom. The van der Waals surface area contributed by atoms with E-state index in [2.05, 4.69) is 12.2 Å². The zero-order chi connectivity index (χ0) is 15.0. The van der Waals surface area contributed by atoms with Gasteiger partial charge in [-0.1, -0.05) is 45.1 Å². The first-order chi connectivity index (χ1) is 9.45. The summed E-state index contributed by atoms with van der Waals surface area (Å²) in [4.78, 5) is 0.161. The second-order valence-electron chi connectivity index (χ2n) is 5.22. The van der Waals surface area contributed by atoms with Crippen LogP contribution in [0.15, 0.2) is 23.1 Å². The van der Waals surface area contributed by atoms with Crippen molar-refractivity contribution < 1.29 is 8.42 Å². The van der Waals surface area contributed by atoms with E-state index in [9.17, 15) is 8.42 Å². The molecular formula is C15H26N2O2S. The molecule has 20 heavy (non-hydrogen) atoms. The molecule has 0 saturated carbocycles. The first-order valence-corrected chi connectivity index (χ1v) is 8.87. The number of nitrogens with two attached hydrogens (primary N) is 1. The van der Waals surface area contributed by atoms with Gasteiger partial charge < -0.3 is 5.32 Å². The van der Waals surface area contributed by atoms with Crippen LogP contribution in [0.1, 0.15) is 51.0 Å². The molecule has 1 rings (SSSR count). The highest BCUT2D eigenvalue weighted by Gasteiger charge is 2.09. The molecule has 0 aromatic heterocycles. The first kappa shape index (κ1) is 17.0. The van der Waals surface area contributed by atoms with Crippen LogP contribution in [0.2, 0.25) is 0 Å². The summed E-state index contributed by atoms with van der Waals surface area (Å²) in [5.74, 6) is 0. The van der Waals surface area contributed by atoms with Crippen molar-refractivity contribution in [3.8, 4) is 0 Å². The number of sulfonamides is 1. The van der Waals surface area contributed by atoms with Gasteiger partial charge in [0.2, 0.25) is 10.0 Å². The molecule has 0 aliphatic rings. The molecule has 0 spiro atoms. The summed E-state index contributed by atoms with van der Waals surface area (Å²) in [6, 6.07) is 4.94. The SMILES string of the molecule is CCCCCCCCNc1cc(S(N)(=O)=O)ccc1C. The van der Waals surface area contributed by atoms with Crippen LogP contribution < -0.4 is 10.5 Å². The fourth-order valence-electron chi connectivity index (χ4n) is 2.10. The number of hydrogen-bond donors (Lipinski definition) is 2. The number of unbranched alkanes of at least 4 members (excludes halogenated alkanes) is 5. The molecule has 1 aromatic rings. The van der Waals surface area contributed by atoms with Gasteiger partial charge in [-0.25, -0.2) is 13.6 Å². The molecule has 0 bridgehead atoms. The van der Waals surface area contributed by atoms with Gasteiger partial charge in [0.15, 0.2) is 0 Å². The molecule has 0 heterocycles. The van der Waals surface area contributed by atoms with Gasteiger partial charge >= 0.3 is 0 Å². The van der Waals surface area contributed by atoms with E-state index in [1.807, 2.05) is 6.92 Å². The molecule has 3 N–H and O–H groups in total. The smallest absolute Gasteiger partial charge is 0.238 e. The molecule has 0 fully saturated rings. The van der Waals surface area contributed by atoms with Gasteiger partial charge in [0, 0.05) is 12.2 Å². The van der Waals surface area contributed by atoms with Crippen LogP contribution in [-0.2, 0) is 10.0 Å². The highest BCUT2D eigenvalue weighted by molar-refractivity contribution is 7.89. The van der Waals surface area contributed by atoms with Gasteiger partial charge in [-0.3, -0.25) is 0 Å². The minimum atomic E-state index is -3.63. The molecule has 5 heteroatoms. The van der Waals surface area contributed by atoms with Crippen LogP contribution in [0.3, 0.4) is 0 Å². The van der Waals surface area contributed by atoms with Crippen molar-refractivity contribution in [3.63, 3.8) is 0 Å². The summed E-state index contributed by atoms with van der Waals surface area (Å²) in [5, 5.41) is 8.44. The first-order valence-electron chi connectivity index (χ1n) is 7.32. The maximum absolute atomic E-state index is 11.3. The third kappa shape index (κ3) is 5.92. The van der Waals surface area contributed by atoms with Crippen LogP contribution in [-0.4, -0.2) is 15.0 Å². The van der Waals surface area contributed by atoms with Gasteiger partial charge in [0.05, 0.1) is 4.90 Å². The fraction of sp³-hybridized carbons (Fsp3) is 0.600. The lowest BCUT2D eigenvalue weighted by Gasteiger charge is -2.11. The average Bonchev–Trinajstić information content (AvgIpc) is 2.38. The Bertz CT molecular complexity index is 513. The number of nitrogens with one attached hydrogen (secondary N) is 1. The van der Waals surface area contributed by atoms with E-state index in [4.69, 9.17) is 5.14 Å². The van der Waals surface area contributed by atoms with Crippen molar-refractivity contribution in [2.24, 2.45) is 5.14 Å². The summed E-state index contributed by atoms with van der Waals surface area (Å²) >= 11 is 0. The molecule has 0 radical (unpaired) electrons. The zero-order valence-corrected chi connectivity index (χ0v) is 13.3. The maximum atomic E-state index is 11.3. The molecule has 4 nitrogen and oxygen atoms in total. The number of hydrogen-bond acceptors (Lipinski definition) is 3. The van der Waals surface area contributed by atoms with Crippen molar-refractivity contribution in [2.75, 3.05) is 11.9 Å². The highest BCUT2D eigenvalue weighted by atomic mass is 32.2. The molecule has 0 aliphatic heterocycles. The van der Waals surface area contributed by atoms with Gasteiger partial charge in [-0.05, 0) is 31.0 Å². The average molecular weight is 298 g/mol. The van der Waals surface area contributed by atoms with Crippen molar-refractivity contribution in [3.05, 3.63) is 23.8 Å². The van der Waals surface area contributed by atoms with Crippen molar-refractivity contribution >= 4 is 15.7 Å². The summed E-state index contributed by atoms with van der Waals surface area (Å²) in [6.45, 7) is 5.03. The lowest BCUT2D eigenvalue weighted by molar-refractivity contribution is 0.598. The standard InChI is InChI=1S/C15H26N2O2S/c1-3-4-5-6-7-8-11-17-15-12-14(20(16,18)19)10-9-13(15)2/h9-10,12,17H,3-8,11H2,1-2H3,(H2,16,18,19). The third-order valence-electron chi connectivity index (χ3n) is 3.38. The minimum Gasteiger partial charge on any atom is -0.385 e. The third-order valence-corrected chi connectivity index (χ3v) is 4.29. The summed E-state index contributed by atoms with van der Waals surface area (Å²) in [7, 11) is -3.63. The van der Waals surface area contributed by atoms with Crippen LogP contribution >= 0.6 is 0 Å². The van der Waals surface area contributed by atoms with Gasteiger partial charge in [-0.15, -0.1) is 0 Å². The predicted octanol–water partition coefficient (Wildman–Crippen LogP) is 3.41. The quantitative estimate of drug-likeness (QED) is 0.686. The Labute approximate surface area is 122 Å². The van der Waals surface area contributed by atoms with Crippen molar-refractivity contribution in [1.82, 2.24) is 0 Å². The molecular weight excluding hydrogens is 272 g/mol. The van der Waals surface area contributed by atoms with Gasteiger partial charge in [-0.2, -0.15) is 0 Å². The maximum Gasteiger partial charge on any atom is 0.238 e. The Kier molecular flexibility index (Phi) is 7.02. The Morgan fingerprint density at radius 2 is 1.75 bits per heavy atom. The van der Waals surface area contributed by atoms with Crippen LogP contribution in [0.5, 0.6) is 0 Å². The predicted molar refractivity (Wildman–Crippen MR) is 84.4 cm³/mol. The second-order valence-corrected chi connectivity index (χ2v) is 6.78. The van der Waals surface area contributed by atoms with Crippen LogP contribution in [0.4, 0.5) is 5.69 Å². The van der Waals surface area contributed by atoms with E-state index >= 15 is 0 Å². The lowest BCUT2D eigenvalue weighted by Crippen LogP contribution is -2.13. The van der Waals surface area contributed by atoms with Crippen molar-refractivity contribution in [1.29, 1.82) is 0 Å². The van der Waals surface area contributed by atoms with E-state index in [1.54, 1.807) is 18.2 Å². The molecule has 0 amide bonds. The van der Waals surface area contributed by atoms with E-state index in [-0.39, 0.29) is 4.90 Å². The normalized spacial score (nSPS) is 11.6. The number of benzene rings is 1. The van der Waals surface area contributed by atoms with E-state index in [0.717, 1.165) is 24.2 Å². The van der Waals surface area contributed by atoms with E-state index in [1.165, 1.54) is 32.1 Å². The molecule has 0 atom stereocenters. The summed E-state index contributed by atoms with van der Waals surface area (Å²) in [6.07, 6.45) is 7.45. The Balaban J connectivity index is 2.44. The topological polar surface area (TPSA) is 72.2 Å². The monoisotopic (exact) mass is 298 g/mol. The minimum absolute atomic E-state index is 0.161. The molecule has 114 valence electrons. The second kappa shape index (κ2) is 8.27. The molecule has 0 saturated heterocycles. The Morgan fingerprint density at radius 3 is 2.40 bits per heavy atom. The number of aryl methyl sites for hydroxylation is 1. The van der Waals surface area contributed by atoms with Gasteiger partial charge in [0.25, 0.3) is 0 Å².